The quantitative estimate of drug-likeness (QED) is 0.698. The van der Waals surface area contributed by atoms with E-state index >= 15 is 0 Å². The predicted octanol–water partition coefficient (Wildman–Crippen LogP) is 4.03. The van der Waals surface area contributed by atoms with Gasteiger partial charge in [0.2, 0.25) is 5.91 Å². The van der Waals surface area contributed by atoms with Gasteiger partial charge in [-0.25, -0.2) is 0 Å². The number of aromatic nitrogens is 3. The molecule has 6 nitrogen and oxygen atoms in total. The summed E-state index contributed by atoms with van der Waals surface area (Å²) >= 11 is 1.43. The molecule has 0 bridgehead atoms. The van der Waals surface area contributed by atoms with Crippen molar-refractivity contribution in [2.75, 3.05) is 0 Å². The first-order valence-electron chi connectivity index (χ1n) is 10.5. The second-order valence-corrected chi connectivity index (χ2v) is 9.50. The lowest BCUT2D eigenvalue weighted by Crippen LogP contribution is -2.51. The number of nitrogens with one attached hydrogen (secondary N) is 1. The van der Waals surface area contributed by atoms with Crippen molar-refractivity contribution in [2.45, 2.75) is 80.3 Å². The SMILES string of the molecule is CC(Sc1nnc(C2CC2)n1Cc1ccccc1)C(=O)NC1(C#N)CCCCC1. The molecule has 0 aliphatic heterocycles. The van der Waals surface area contributed by atoms with E-state index in [0.29, 0.717) is 12.5 Å². The molecule has 4 rings (SSSR count). The van der Waals surface area contributed by atoms with Crippen molar-refractivity contribution in [3.63, 3.8) is 0 Å². The standard InChI is InChI=1S/C22H27N5OS/c1-16(20(28)24-22(15-23)12-6-3-7-13-22)29-21-26-25-19(18-10-11-18)27(21)14-17-8-4-2-5-9-17/h2,4-5,8-9,16,18H,3,6-7,10-14H2,1H3,(H,24,28). The lowest BCUT2D eigenvalue weighted by Gasteiger charge is -2.32. The molecule has 2 saturated carbocycles. The second-order valence-electron chi connectivity index (χ2n) is 8.19. The van der Waals surface area contributed by atoms with Gasteiger partial charge in [-0.05, 0) is 38.2 Å². The molecule has 1 aromatic heterocycles. The van der Waals surface area contributed by atoms with Crippen molar-refractivity contribution in [1.82, 2.24) is 20.1 Å². The third-order valence-electron chi connectivity index (χ3n) is 5.81. The van der Waals surface area contributed by atoms with Crippen LogP contribution in [0.3, 0.4) is 0 Å². The number of carbonyl (C=O) groups is 1. The molecule has 29 heavy (non-hydrogen) atoms. The highest BCUT2D eigenvalue weighted by Gasteiger charge is 2.36. The van der Waals surface area contributed by atoms with Gasteiger partial charge in [0.25, 0.3) is 0 Å². The minimum Gasteiger partial charge on any atom is -0.337 e. The third kappa shape index (κ3) is 4.64. The highest BCUT2D eigenvalue weighted by Crippen LogP contribution is 2.40. The summed E-state index contributed by atoms with van der Waals surface area (Å²) in [5.41, 5.74) is 0.486. The molecule has 0 radical (unpaired) electrons. The van der Waals surface area contributed by atoms with E-state index in [9.17, 15) is 10.1 Å². The Morgan fingerprint density at radius 3 is 2.66 bits per heavy atom. The monoisotopic (exact) mass is 409 g/mol. The van der Waals surface area contributed by atoms with Gasteiger partial charge in [-0.15, -0.1) is 10.2 Å². The van der Waals surface area contributed by atoms with Gasteiger partial charge in [-0.2, -0.15) is 5.26 Å². The molecular weight excluding hydrogens is 382 g/mol. The van der Waals surface area contributed by atoms with Gasteiger partial charge in [-0.3, -0.25) is 4.79 Å². The average Bonchev–Trinajstić information content (AvgIpc) is 3.52. The summed E-state index contributed by atoms with van der Waals surface area (Å²) in [6, 6.07) is 12.6. The van der Waals surface area contributed by atoms with E-state index in [-0.39, 0.29) is 11.2 Å². The molecule has 0 spiro atoms. The summed E-state index contributed by atoms with van der Waals surface area (Å²) in [6.07, 6.45) is 6.90. The lowest BCUT2D eigenvalue weighted by atomic mass is 9.83. The molecular formula is C22H27N5OS. The number of nitriles is 1. The topological polar surface area (TPSA) is 83.6 Å². The fourth-order valence-electron chi connectivity index (χ4n) is 3.91. The maximum absolute atomic E-state index is 12.9. The van der Waals surface area contributed by atoms with Gasteiger partial charge in [0, 0.05) is 5.92 Å². The number of hydrogen-bond donors (Lipinski definition) is 1. The maximum Gasteiger partial charge on any atom is 0.234 e. The van der Waals surface area contributed by atoms with Crippen LogP contribution in [0.25, 0.3) is 0 Å². The molecule has 0 saturated heterocycles. The van der Waals surface area contributed by atoms with Gasteiger partial charge in [0.1, 0.15) is 11.4 Å². The Hall–Kier alpha value is -2.33. The highest BCUT2D eigenvalue weighted by atomic mass is 32.2. The van der Waals surface area contributed by atoms with Crippen LogP contribution in [0.5, 0.6) is 0 Å². The molecule has 2 aliphatic rings. The third-order valence-corrected chi connectivity index (χ3v) is 6.89. The Kier molecular flexibility index (Phi) is 5.91. The number of benzene rings is 1. The van der Waals surface area contributed by atoms with Gasteiger partial charge >= 0.3 is 0 Å². The van der Waals surface area contributed by atoms with Crippen molar-refractivity contribution in [1.29, 1.82) is 5.26 Å². The molecule has 1 aromatic carbocycles. The summed E-state index contributed by atoms with van der Waals surface area (Å²) in [5.74, 6) is 1.40. The number of amides is 1. The van der Waals surface area contributed by atoms with Crippen LogP contribution in [-0.4, -0.2) is 31.5 Å². The summed E-state index contributed by atoms with van der Waals surface area (Å²) in [4.78, 5) is 12.9. The predicted molar refractivity (Wildman–Crippen MR) is 112 cm³/mol. The van der Waals surface area contributed by atoms with Crippen molar-refractivity contribution in [3.8, 4) is 6.07 Å². The highest BCUT2D eigenvalue weighted by molar-refractivity contribution is 8.00. The fraction of sp³-hybridized carbons (Fsp3) is 0.545. The van der Waals surface area contributed by atoms with Gasteiger partial charge in [0.15, 0.2) is 5.16 Å². The van der Waals surface area contributed by atoms with E-state index in [0.717, 1.165) is 55.9 Å². The zero-order valence-corrected chi connectivity index (χ0v) is 17.6. The van der Waals surface area contributed by atoms with Gasteiger partial charge in [0.05, 0.1) is 17.9 Å². The molecule has 1 heterocycles. The Labute approximate surface area is 176 Å². The van der Waals surface area contributed by atoms with E-state index in [1.54, 1.807) is 0 Å². The number of thioether (sulfide) groups is 1. The van der Waals surface area contributed by atoms with Crippen LogP contribution < -0.4 is 5.32 Å². The lowest BCUT2D eigenvalue weighted by molar-refractivity contribution is -0.121. The first-order valence-corrected chi connectivity index (χ1v) is 11.4. The van der Waals surface area contributed by atoms with Crippen molar-refractivity contribution in [2.24, 2.45) is 0 Å². The summed E-state index contributed by atoms with van der Waals surface area (Å²) in [7, 11) is 0. The Balaban J connectivity index is 1.48. The Morgan fingerprint density at radius 2 is 2.00 bits per heavy atom. The molecule has 2 fully saturated rings. The Morgan fingerprint density at radius 1 is 1.28 bits per heavy atom. The number of nitrogens with zero attached hydrogens (tertiary/aromatic N) is 4. The zero-order valence-electron chi connectivity index (χ0n) is 16.8. The van der Waals surface area contributed by atoms with Crippen LogP contribution >= 0.6 is 11.8 Å². The van der Waals surface area contributed by atoms with Gasteiger partial charge < -0.3 is 9.88 Å². The molecule has 1 atom stereocenters. The molecule has 1 amide bonds. The largest absolute Gasteiger partial charge is 0.337 e. The van der Waals surface area contributed by atoms with Crippen LogP contribution in [-0.2, 0) is 11.3 Å². The van der Waals surface area contributed by atoms with E-state index in [1.807, 2.05) is 25.1 Å². The van der Waals surface area contributed by atoms with E-state index < -0.39 is 5.54 Å². The van der Waals surface area contributed by atoms with Crippen molar-refractivity contribution < 1.29 is 4.79 Å². The number of rotatable bonds is 7. The van der Waals surface area contributed by atoms with E-state index in [1.165, 1.54) is 17.3 Å². The Bertz CT molecular complexity index is 894. The summed E-state index contributed by atoms with van der Waals surface area (Å²) in [6.45, 7) is 2.59. The van der Waals surface area contributed by atoms with E-state index in [2.05, 4.69) is 38.3 Å². The molecule has 2 aromatic rings. The van der Waals surface area contributed by atoms with Crippen LogP contribution in [0.2, 0.25) is 0 Å². The maximum atomic E-state index is 12.9. The first kappa shape index (κ1) is 20.0. The van der Waals surface area contributed by atoms with Crippen LogP contribution in [0, 0.1) is 11.3 Å². The summed E-state index contributed by atoms with van der Waals surface area (Å²) in [5, 5.41) is 22.0. The first-order chi connectivity index (χ1) is 14.1. The molecule has 1 N–H and O–H groups in total. The molecule has 7 heteroatoms. The molecule has 1 unspecified atom stereocenters. The van der Waals surface area contributed by atoms with Crippen molar-refractivity contribution in [3.05, 3.63) is 41.7 Å². The molecule has 152 valence electrons. The van der Waals surface area contributed by atoms with Crippen LogP contribution in [0.1, 0.15) is 69.2 Å². The van der Waals surface area contributed by atoms with E-state index in [4.69, 9.17) is 0 Å². The summed E-state index contributed by atoms with van der Waals surface area (Å²) < 4.78 is 2.15. The normalized spacial score (nSPS) is 19.3. The van der Waals surface area contributed by atoms with Crippen LogP contribution in [0.4, 0.5) is 0 Å². The minimum atomic E-state index is -0.707. The van der Waals surface area contributed by atoms with Crippen LogP contribution in [0.15, 0.2) is 35.5 Å². The smallest absolute Gasteiger partial charge is 0.234 e. The zero-order chi connectivity index (χ0) is 20.3. The number of carbonyl (C=O) groups excluding carboxylic acids is 1. The van der Waals surface area contributed by atoms with Gasteiger partial charge in [-0.1, -0.05) is 61.4 Å². The second kappa shape index (κ2) is 8.58. The minimum absolute atomic E-state index is 0.0966. The fourth-order valence-corrected chi connectivity index (χ4v) is 4.77. The molecule has 2 aliphatic carbocycles. The average molecular weight is 410 g/mol. The van der Waals surface area contributed by atoms with Crippen molar-refractivity contribution >= 4 is 17.7 Å². The number of hydrogen-bond acceptors (Lipinski definition) is 5.